The Morgan fingerprint density at radius 2 is 1.96 bits per heavy atom. The van der Waals surface area contributed by atoms with Crippen LogP contribution in [0.2, 0.25) is 5.02 Å². The maximum Gasteiger partial charge on any atom is 0.374 e. The van der Waals surface area contributed by atoms with E-state index >= 15 is 0 Å². The molecule has 122 valence electrons. The number of hydrogen-bond acceptors (Lipinski definition) is 4. The lowest BCUT2D eigenvalue weighted by Crippen LogP contribution is -1.97. The summed E-state index contributed by atoms with van der Waals surface area (Å²) < 4.78 is 10.5. The van der Waals surface area contributed by atoms with Crippen LogP contribution in [0.25, 0.3) is 11.3 Å². The first-order valence-electron chi connectivity index (χ1n) is 7.21. The molecule has 1 heterocycles. The molecule has 2 aromatic carbocycles. The monoisotopic (exact) mass is 343 g/mol. The Morgan fingerprint density at radius 1 is 1.21 bits per heavy atom. The molecule has 0 amide bonds. The maximum absolute atomic E-state index is 10.8. The van der Waals surface area contributed by atoms with E-state index in [9.17, 15) is 4.79 Å². The Balaban J connectivity index is 1.70. The predicted molar refractivity (Wildman–Crippen MR) is 89.4 cm³/mol. The van der Waals surface area contributed by atoms with E-state index in [-0.39, 0.29) is 5.76 Å². The number of ether oxygens (including phenoxy) is 1. The van der Waals surface area contributed by atoms with Gasteiger partial charge in [0.25, 0.3) is 0 Å². The molecule has 5 nitrogen and oxygen atoms in total. The largest absolute Gasteiger partial charge is 0.489 e. The topological polar surface area (TPSA) is 72.6 Å². The van der Waals surface area contributed by atoms with Crippen molar-refractivity contribution in [1.82, 2.24) is 5.16 Å². The molecule has 24 heavy (non-hydrogen) atoms. The van der Waals surface area contributed by atoms with E-state index in [2.05, 4.69) is 5.16 Å². The van der Waals surface area contributed by atoms with Crippen LogP contribution in [0.5, 0.6) is 5.75 Å². The van der Waals surface area contributed by atoms with Crippen molar-refractivity contribution in [2.45, 2.75) is 13.5 Å². The molecule has 1 aromatic heterocycles. The quantitative estimate of drug-likeness (QED) is 0.734. The number of nitrogens with zero attached hydrogens (tertiary/aromatic N) is 1. The van der Waals surface area contributed by atoms with Gasteiger partial charge in [0.2, 0.25) is 5.76 Å². The van der Waals surface area contributed by atoms with Gasteiger partial charge in [0.05, 0.1) is 0 Å². The highest BCUT2D eigenvalue weighted by molar-refractivity contribution is 6.30. The molecular weight excluding hydrogens is 330 g/mol. The first kappa shape index (κ1) is 16.1. The fourth-order valence-corrected chi connectivity index (χ4v) is 2.34. The van der Waals surface area contributed by atoms with E-state index < -0.39 is 5.97 Å². The number of halogens is 1. The van der Waals surface area contributed by atoms with Gasteiger partial charge in [-0.1, -0.05) is 47.1 Å². The van der Waals surface area contributed by atoms with Gasteiger partial charge in [-0.25, -0.2) is 4.79 Å². The second-order valence-electron chi connectivity index (χ2n) is 5.28. The van der Waals surface area contributed by atoms with Gasteiger partial charge >= 0.3 is 5.97 Å². The van der Waals surface area contributed by atoms with Crippen LogP contribution in [0.1, 0.15) is 21.7 Å². The highest BCUT2D eigenvalue weighted by Gasteiger charge is 2.12. The van der Waals surface area contributed by atoms with Gasteiger partial charge in [0.15, 0.2) is 0 Å². The fraction of sp³-hybridized carbons (Fsp3) is 0.111. The standard InChI is InChI=1S/C18H14ClNO4/c1-11-2-7-14(19)8-16(11)23-10-12-3-5-13(6-4-12)15-9-17(18(21)22)24-20-15/h2-9H,10H2,1H3,(H,21,22). The Labute approximate surface area is 143 Å². The number of aromatic nitrogens is 1. The van der Waals surface area contributed by atoms with Crippen molar-refractivity contribution in [3.63, 3.8) is 0 Å². The van der Waals surface area contributed by atoms with Crippen LogP contribution in [-0.2, 0) is 6.61 Å². The maximum atomic E-state index is 10.8. The molecule has 0 fully saturated rings. The lowest BCUT2D eigenvalue weighted by atomic mass is 10.1. The molecule has 3 aromatic rings. The Bertz CT molecular complexity index is 871. The summed E-state index contributed by atoms with van der Waals surface area (Å²) in [6.45, 7) is 2.36. The zero-order valence-corrected chi connectivity index (χ0v) is 13.6. The molecule has 0 spiro atoms. The summed E-state index contributed by atoms with van der Waals surface area (Å²) >= 11 is 5.97. The SMILES string of the molecule is Cc1ccc(Cl)cc1OCc1ccc(-c2cc(C(=O)O)on2)cc1. The Hall–Kier alpha value is -2.79. The summed E-state index contributed by atoms with van der Waals surface area (Å²) in [5, 5.41) is 13.2. The predicted octanol–water partition coefficient (Wildman–Crippen LogP) is 4.58. The molecule has 1 N–H and O–H groups in total. The molecule has 3 rings (SSSR count). The van der Waals surface area contributed by atoms with Crippen LogP contribution in [0.3, 0.4) is 0 Å². The first-order valence-corrected chi connectivity index (χ1v) is 7.59. The summed E-state index contributed by atoms with van der Waals surface area (Å²) in [5.74, 6) is -0.585. The molecule has 0 aliphatic rings. The van der Waals surface area contributed by atoms with Crippen molar-refractivity contribution in [1.29, 1.82) is 0 Å². The summed E-state index contributed by atoms with van der Waals surface area (Å²) in [6.07, 6.45) is 0. The van der Waals surface area contributed by atoms with Crippen molar-refractivity contribution < 1.29 is 19.2 Å². The second kappa shape index (κ2) is 6.76. The molecule has 6 heteroatoms. The molecule has 0 atom stereocenters. The van der Waals surface area contributed by atoms with Gasteiger partial charge in [-0.15, -0.1) is 0 Å². The van der Waals surface area contributed by atoms with Crippen molar-refractivity contribution in [2.75, 3.05) is 0 Å². The number of rotatable bonds is 5. The molecule has 0 unspecified atom stereocenters. The third kappa shape index (κ3) is 3.58. The van der Waals surface area contributed by atoms with Crippen molar-refractivity contribution >= 4 is 17.6 Å². The second-order valence-corrected chi connectivity index (χ2v) is 5.71. The summed E-state index contributed by atoms with van der Waals surface area (Å²) in [7, 11) is 0. The molecule has 0 saturated carbocycles. The van der Waals surface area contributed by atoms with Gasteiger partial charge in [-0.3, -0.25) is 0 Å². The van der Waals surface area contributed by atoms with Gasteiger partial charge in [0, 0.05) is 16.7 Å². The number of carboxylic acids is 1. The van der Waals surface area contributed by atoms with E-state index in [1.165, 1.54) is 6.07 Å². The number of aryl methyl sites for hydroxylation is 1. The molecule has 0 aliphatic heterocycles. The van der Waals surface area contributed by atoms with Crippen molar-refractivity contribution in [3.05, 3.63) is 70.4 Å². The summed E-state index contributed by atoms with van der Waals surface area (Å²) in [6, 6.07) is 14.4. The lowest BCUT2D eigenvalue weighted by Gasteiger charge is -2.09. The van der Waals surface area contributed by atoms with Gasteiger partial charge in [-0.05, 0) is 30.2 Å². The highest BCUT2D eigenvalue weighted by atomic mass is 35.5. The van der Waals surface area contributed by atoms with Crippen LogP contribution in [0.15, 0.2) is 53.1 Å². The number of carbonyl (C=O) groups is 1. The van der Waals surface area contributed by atoms with Crippen LogP contribution in [0, 0.1) is 6.92 Å². The van der Waals surface area contributed by atoms with Crippen LogP contribution < -0.4 is 4.74 Å². The summed E-state index contributed by atoms with van der Waals surface area (Å²) in [4.78, 5) is 10.8. The smallest absolute Gasteiger partial charge is 0.374 e. The zero-order valence-electron chi connectivity index (χ0n) is 12.8. The van der Waals surface area contributed by atoms with E-state index in [0.29, 0.717) is 17.3 Å². The first-order chi connectivity index (χ1) is 11.5. The average molecular weight is 344 g/mol. The molecular formula is C18H14ClNO4. The fourth-order valence-electron chi connectivity index (χ4n) is 2.17. The molecule has 0 aliphatic carbocycles. The summed E-state index contributed by atoms with van der Waals surface area (Å²) in [5.41, 5.74) is 3.24. The third-order valence-electron chi connectivity index (χ3n) is 3.52. The Morgan fingerprint density at radius 3 is 2.62 bits per heavy atom. The number of benzene rings is 2. The van der Waals surface area contributed by atoms with E-state index in [4.69, 9.17) is 26.0 Å². The minimum Gasteiger partial charge on any atom is -0.489 e. The number of hydrogen-bond donors (Lipinski definition) is 1. The van der Waals surface area contributed by atoms with Crippen LogP contribution in [-0.4, -0.2) is 16.2 Å². The number of aromatic carboxylic acids is 1. The minimum absolute atomic E-state index is 0.186. The molecule has 0 radical (unpaired) electrons. The normalized spacial score (nSPS) is 10.6. The van der Waals surface area contributed by atoms with Gasteiger partial charge < -0.3 is 14.4 Å². The molecule has 0 saturated heterocycles. The van der Waals surface area contributed by atoms with E-state index in [0.717, 1.165) is 22.4 Å². The lowest BCUT2D eigenvalue weighted by molar-refractivity contribution is 0.0652. The van der Waals surface area contributed by atoms with Crippen LogP contribution in [0.4, 0.5) is 0 Å². The van der Waals surface area contributed by atoms with Gasteiger partial charge in [0.1, 0.15) is 18.1 Å². The van der Waals surface area contributed by atoms with Crippen LogP contribution >= 0.6 is 11.6 Å². The van der Waals surface area contributed by atoms with Gasteiger partial charge in [-0.2, -0.15) is 0 Å². The molecule has 0 bridgehead atoms. The highest BCUT2D eigenvalue weighted by Crippen LogP contribution is 2.24. The Kier molecular flexibility index (Phi) is 4.53. The zero-order chi connectivity index (χ0) is 17.1. The minimum atomic E-state index is -1.14. The van der Waals surface area contributed by atoms with E-state index in [1.54, 1.807) is 6.07 Å². The number of carboxylic acid groups (broad SMARTS) is 1. The average Bonchev–Trinajstić information content (AvgIpc) is 3.06. The van der Waals surface area contributed by atoms with Crippen molar-refractivity contribution in [3.8, 4) is 17.0 Å². The third-order valence-corrected chi connectivity index (χ3v) is 3.75. The van der Waals surface area contributed by atoms with E-state index in [1.807, 2.05) is 43.3 Å². The van der Waals surface area contributed by atoms with Crippen molar-refractivity contribution in [2.24, 2.45) is 0 Å².